The zero-order valence-corrected chi connectivity index (χ0v) is 16.5. The minimum atomic E-state index is -2.77. The number of hydrogen-bond donors (Lipinski definition) is 1. The molecule has 0 aromatic heterocycles. The Morgan fingerprint density at radius 1 is 0.821 bits per heavy atom. The van der Waals surface area contributed by atoms with Crippen LogP contribution in [0.1, 0.15) is 5.56 Å². The molecule has 1 N–H and O–H groups in total. The van der Waals surface area contributed by atoms with Crippen molar-refractivity contribution >= 4 is 40.3 Å². The van der Waals surface area contributed by atoms with Gasteiger partial charge in [0.15, 0.2) is 12.4 Å². The molecule has 0 amide bonds. The Morgan fingerprint density at radius 3 is 2.00 bits per heavy atom. The van der Waals surface area contributed by atoms with Crippen molar-refractivity contribution in [2.75, 3.05) is 5.32 Å². The SMILES string of the molecule is N#CC1=C(c2ccccc2)N=P(Cl)(c2ccccc2)N=C1Nc1ccccc1. The van der Waals surface area contributed by atoms with Crippen molar-refractivity contribution < 1.29 is 0 Å². The fourth-order valence-electron chi connectivity index (χ4n) is 2.88. The molecule has 4 rings (SSSR count). The number of nitrogens with zero attached hydrogens (tertiary/aromatic N) is 3. The highest BCUT2D eigenvalue weighted by atomic mass is 35.7. The third-order valence-electron chi connectivity index (χ3n) is 4.22. The van der Waals surface area contributed by atoms with Crippen molar-refractivity contribution in [1.82, 2.24) is 0 Å². The number of halogens is 1. The van der Waals surface area contributed by atoms with E-state index in [9.17, 15) is 5.26 Å². The van der Waals surface area contributed by atoms with Crippen LogP contribution in [0.15, 0.2) is 106 Å². The van der Waals surface area contributed by atoms with Crippen LogP contribution in [0.2, 0.25) is 0 Å². The maximum absolute atomic E-state index is 9.89. The molecule has 6 heteroatoms. The molecule has 0 saturated heterocycles. The molecule has 28 heavy (non-hydrogen) atoms. The van der Waals surface area contributed by atoms with Crippen molar-refractivity contribution in [2.24, 2.45) is 9.51 Å². The van der Waals surface area contributed by atoms with E-state index in [-0.39, 0.29) is 0 Å². The molecule has 0 aliphatic carbocycles. The van der Waals surface area contributed by atoms with E-state index in [1.807, 2.05) is 91.0 Å². The first-order valence-electron chi connectivity index (χ1n) is 8.70. The third kappa shape index (κ3) is 3.64. The highest BCUT2D eigenvalue weighted by molar-refractivity contribution is 7.96. The first-order valence-corrected chi connectivity index (χ1v) is 11.3. The van der Waals surface area contributed by atoms with Gasteiger partial charge in [0, 0.05) is 16.6 Å². The van der Waals surface area contributed by atoms with E-state index in [1.165, 1.54) is 0 Å². The Hall–Kier alpha value is -3.12. The van der Waals surface area contributed by atoms with E-state index in [1.54, 1.807) is 0 Å². The zero-order chi connectivity index (χ0) is 19.4. The highest BCUT2D eigenvalue weighted by Gasteiger charge is 2.29. The highest BCUT2D eigenvalue weighted by Crippen LogP contribution is 2.59. The second kappa shape index (κ2) is 7.86. The van der Waals surface area contributed by atoms with E-state index >= 15 is 0 Å². The molecular formula is C22H16ClN4P. The Labute approximate surface area is 168 Å². The van der Waals surface area contributed by atoms with E-state index in [0.717, 1.165) is 16.6 Å². The van der Waals surface area contributed by atoms with Gasteiger partial charge in [-0.1, -0.05) is 78.9 Å². The van der Waals surface area contributed by atoms with Crippen molar-refractivity contribution in [3.8, 4) is 6.07 Å². The lowest BCUT2D eigenvalue weighted by Crippen LogP contribution is -2.18. The van der Waals surface area contributed by atoms with Crippen LogP contribution in [0.3, 0.4) is 0 Å². The fourth-order valence-corrected chi connectivity index (χ4v) is 5.40. The number of nitrogens with one attached hydrogen (secondary N) is 1. The van der Waals surface area contributed by atoms with Crippen LogP contribution < -0.4 is 10.6 Å². The van der Waals surface area contributed by atoms with Gasteiger partial charge in [-0.25, -0.2) is 9.51 Å². The fraction of sp³-hybridized carbons (Fsp3) is 0. The summed E-state index contributed by atoms with van der Waals surface area (Å²) in [5, 5.41) is 14.0. The Bertz CT molecular complexity index is 1150. The van der Waals surface area contributed by atoms with Crippen LogP contribution in [0.5, 0.6) is 0 Å². The molecule has 1 aliphatic heterocycles. The molecule has 0 spiro atoms. The van der Waals surface area contributed by atoms with Crippen LogP contribution in [0.25, 0.3) is 5.70 Å². The molecule has 0 radical (unpaired) electrons. The Balaban J connectivity index is 1.94. The zero-order valence-electron chi connectivity index (χ0n) is 14.8. The molecule has 4 nitrogen and oxygen atoms in total. The van der Waals surface area contributed by atoms with Crippen molar-refractivity contribution in [2.45, 2.75) is 0 Å². The third-order valence-corrected chi connectivity index (χ3v) is 7.14. The molecule has 136 valence electrons. The van der Waals surface area contributed by atoms with E-state index in [2.05, 4.69) is 11.4 Å². The molecule has 1 unspecified atom stereocenters. The van der Waals surface area contributed by atoms with Crippen LogP contribution in [-0.2, 0) is 0 Å². The molecule has 1 heterocycles. The Kier molecular flexibility index (Phi) is 5.12. The molecule has 0 bridgehead atoms. The minimum Gasteiger partial charge on any atom is -0.339 e. The minimum absolute atomic E-state index is 0.377. The first kappa shape index (κ1) is 18.3. The smallest absolute Gasteiger partial charge is 0.195 e. The van der Waals surface area contributed by atoms with Crippen LogP contribution in [-0.4, -0.2) is 5.84 Å². The first-order chi connectivity index (χ1) is 13.7. The number of benzene rings is 3. The second-order valence-corrected chi connectivity index (χ2v) is 9.48. The summed E-state index contributed by atoms with van der Waals surface area (Å²) < 4.78 is 9.55. The quantitative estimate of drug-likeness (QED) is 0.543. The van der Waals surface area contributed by atoms with E-state index in [0.29, 0.717) is 17.1 Å². The summed E-state index contributed by atoms with van der Waals surface area (Å²) in [6, 6.07) is 31.1. The summed E-state index contributed by atoms with van der Waals surface area (Å²) in [7, 11) is 0. The summed E-state index contributed by atoms with van der Waals surface area (Å²) in [6.45, 7) is -2.77. The van der Waals surface area contributed by atoms with Gasteiger partial charge in [-0.3, -0.25) is 0 Å². The van der Waals surface area contributed by atoms with Crippen LogP contribution in [0, 0.1) is 11.3 Å². The molecule has 3 aromatic rings. The van der Waals surface area contributed by atoms with Crippen LogP contribution in [0.4, 0.5) is 5.69 Å². The van der Waals surface area contributed by atoms with Crippen molar-refractivity contribution in [3.63, 3.8) is 0 Å². The van der Waals surface area contributed by atoms with Gasteiger partial charge in [0.25, 0.3) is 0 Å². The van der Waals surface area contributed by atoms with E-state index < -0.39 is 6.56 Å². The summed E-state index contributed by atoms with van der Waals surface area (Å²) in [5.41, 5.74) is 2.60. The lowest BCUT2D eigenvalue weighted by Gasteiger charge is -2.22. The standard InChI is InChI=1S/C22H16ClN4P/c23-28(19-14-8-3-9-15-19)26-21(17-10-4-1-5-11-17)20(16-24)22(27-28)25-18-12-6-2-7-13-18/h1-15H,(H,25,27). The van der Waals surface area contributed by atoms with Gasteiger partial charge in [-0.15, -0.1) is 0 Å². The maximum Gasteiger partial charge on any atom is 0.195 e. The largest absolute Gasteiger partial charge is 0.339 e. The summed E-state index contributed by atoms with van der Waals surface area (Å²) >= 11 is 7.00. The van der Waals surface area contributed by atoms with E-state index in [4.69, 9.17) is 20.7 Å². The number of amidine groups is 1. The lowest BCUT2D eigenvalue weighted by molar-refractivity contribution is 1.43. The average molecular weight is 403 g/mol. The van der Waals surface area contributed by atoms with Crippen molar-refractivity contribution in [1.29, 1.82) is 5.26 Å². The summed E-state index contributed by atoms with van der Waals surface area (Å²) in [4.78, 5) is 0. The Morgan fingerprint density at radius 2 is 1.39 bits per heavy atom. The molecule has 1 aliphatic rings. The number of nitriles is 1. The average Bonchev–Trinajstić information content (AvgIpc) is 2.75. The molecule has 1 atom stereocenters. The second-order valence-electron chi connectivity index (χ2n) is 6.10. The molecular weight excluding hydrogens is 387 g/mol. The predicted octanol–water partition coefficient (Wildman–Crippen LogP) is 6.04. The van der Waals surface area contributed by atoms with Gasteiger partial charge in [0.05, 0.1) is 5.70 Å². The van der Waals surface area contributed by atoms with Gasteiger partial charge in [-0.05, 0) is 23.4 Å². The topological polar surface area (TPSA) is 60.5 Å². The van der Waals surface area contributed by atoms with Gasteiger partial charge in [0.2, 0.25) is 0 Å². The van der Waals surface area contributed by atoms with Gasteiger partial charge in [-0.2, -0.15) is 5.26 Å². The maximum atomic E-state index is 9.89. The van der Waals surface area contributed by atoms with Crippen molar-refractivity contribution in [3.05, 3.63) is 102 Å². The lowest BCUT2D eigenvalue weighted by atomic mass is 10.1. The normalized spacial score (nSPS) is 18.6. The summed E-state index contributed by atoms with van der Waals surface area (Å²) in [5.74, 6) is 0.440. The molecule has 0 fully saturated rings. The molecule has 3 aromatic carbocycles. The summed E-state index contributed by atoms with van der Waals surface area (Å²) in [6.07, 6.45) is 0. The van der Waals surface area contributed by atoms with Gasteiger partial charge < -0.3 is 5.32 Å². The number of hydrogen-bond acceptors (Lipinski definition) is 4. The number of rotatable bonds is 3. The monoisotopic (exact) mass is 402 g/mol. The van der Waals surface area contributed by atoms with Gasteiger partial charge >= 0.3 is 0 Å². The predicted molar refractivity (Wildman–Crippen MR) is 118 cm³/mol. The molecule has 0 saturated carbocycles. The van der Waals surface area contributed by atoms with Gasteiger partial charge in [0.1, 0.15) is 11.6 Å². The number of para-hydroxylation sites is 1. The van der Waals surface area contributed by atoms with Crippen LogP contribution >= 0.6 is 17.8 Å². The number of anilines is 1.